The maximum Gasteiger partial charge on any atom is 0.287 e. The van der Waals surface area contributed by atoms with Gasteiger partial charge in [0.15, 0.2) is 9.84 Å². The Labute approximate surface area is 314 Å². The number of nitrogens with zero attached hydrogens (tertiary/aromatic N) is 4. The molecule has 54 heavy (non-hydrogen) atoms. The molecule has 1 aliphatic carbocycles. The molecular formula is C36H51N7O10S. The van der Waals surface area contributed by atoms with Crippen molar-refractivity contribution in [1.29, 1.82) is 0 Å². The molecule has 2 aliphatic heterocycles. The number of aliphatic hydroxyl groups is 1. The van der Waals surface area contributed by atoms with Gasteiger partial charge in [-0.15, -0.1) is 5.10 Å². The molecular weight excluding hydrogens is 723 g/mol. The van der Waals surface area contributed by atoms with E-state index in [2.05, 4.69) is 20.9 Å². The molecule has 1 saturated carbocycles. The quantitative estimate of drug-likeness (QED) is 0.182. The molecule has 4 amide bonds. The summed E-state index contributed by atoms with van der Waals surface area (Å²) >= 11 is 0. The molecule has 2 saturated heterocycles. The molecule has 17 nitrogen and oxygen atoms in total. The number of likely N-dealkylation sites (tertiary alicyclic amines) is 1. The number of aromatic nitrogens is 3. The van der Waals surface area contributed by atoms with Crippen LogP contribution in [0.4, 0.5) is 0 Å². The van der Waals surface area contributed by atoms with Crippen molar-refractivity contribution in [2.45, 2.75) is 106 Å². The molecule has 296 valence electrons. The summed E-state index contributed by atoms with van der Waals surface area (Å²) in [5.74, 6) is -4.12. The van der Waals surface area contributed by atoms with Gasteiger partial charge in [-0.1, -0.05) is 37.3 Å². The van der Waals surface area contributed by atoms with Gasteiger partial charge in [-0.3, -0.25) is 24.0 Å². The highest BCUT2D eigenvalue weighted by Gasteiger charge is 2.49. The summed E-state index contributed by atoms with van der Waals surface area (Å²) in [7, 11) is -2.24. The molecule has 3 heterocycles. The van der Waals surface area contributed by atoms with Crippen LogP contribution in [0.3, 0.4) is 0 Å². The molecule has 1 aromatic heterocycles. The summed E-state index contributed by atoms with van der Waals surface area (Å²) in [6.45, 7) is 3.28. The number of hydrogen-bond acceptors (Lipinski definition) is 12. The number of carbonyl (C=O) groups is 5. The molecule has 1 aromatic carbocycles. The number of ether oxygens (including phenoxy) is 2. The maximum atomic E-state index is 14.8. The lowest BCUT2D eigenvalue weighted by Crippen LogP contribution is -2.64. The monoisotopic (exact) mass is 773 g/mol. The zero-order valence-corrected chi connectivity index (χ0v) is 31.8. The largest absolute Gasteiger partial charge is 0.384 e. The molecule has 2 aromatic rings. The number of hydrogen-bond donors (Lipinski definition) is 4. The van der Waals surface area contributed by atoms with Crippen molar-refractivity contribution in [2.24, 2.45) is 11.7 Å². The van der Waals surface area contributed by atoms with Gasteiger partial charge in [0.25, 0.3) is 11.8 Å². The summed E-state index contributed by atoms with van der Waals surface area (Å²) < 4.78 is 37.1. The molecule has 3 aliphatic rings. The van der Waals surface area contributed by atoms with Crippen LogP contribution in [0.1, 0.15) is 93.7 Å². The Morgan fingerprint density at radius 2 is 1.76 bits per heavy atom. The molecule has 0 spiro atoms. The Bertz CT molecular complexity index is 1800. The van der Waals surface area contributed by atoms with Gasteiger partial charge in [-0.2, -0.15) is 0 Å². The van der Waals surface area contributed by atoms with E-state index in [4.69, 9.17) is 15.2 Å². The zero-order chi connectivity index (χ0) is 39.3. The number of nitrogens with one attached hydrogen (secondary N) is 2. The lowest BCUT2D eigenvalue weighted by molar-refractivity contribution is -0.147. The summed E-state index contributed by atoms with van der Waals surface area (Å²) in [5, 5.41) is 24.7. The van der Waals surface area contributed by atoms with Crippen LogP contribution >= 0.6 is 0 Å². The minimum absolute atomic E-state index is 0.00334. The molecule has 0 radical (unpaired) electrons. The van der Waals surface area contributed by atoms with Crippen molar-refractivity contribution >= 4 is 39.2 Å². The normalized spacial score (nSPS) is 21.3. The predicted octanol–water partition coefficient (Wildman–Crippen LogP) is 0.556. The number of benzene rings is 1. The molecule has 18 heteroatoms. The summed E-state index contributed by atoms with van der Waals surface area (Å²) in [6.07, 6.45) is 6.45. The number of sulfone groups is 1. The number of amides is 4. The number of ketones is 1. The number of Topliss-reactive ketones (excluding diaryl/α,β-unsaturated/α-hetero) is 1. The van der Waals surface area contributed by atoms with Gasteiger partial charge in [0.2, 0.25) is 17.6 Å². The topological polar surface area (TPSA) is 242 Å². The van der Waals surface area contributed by atoms with Crippen LogP contribution < -0.4 is 16.4 Å². The van der Waals surface area contributed by atoms with E-state index in [1.54, 1.807) is 13.8 Å². The zero-order valence-electron chi connectivity index (χ0n) is 31.0. The molecule has 1 unspecified atom stereocenters. The van der Waals surface area contributed by atoms with Crippen molar-refractivity contribution in [3.8, 4) is 0 Å². The van der Waals surface area contributed by atoms with E-state index in [9.17, 15) is 37.5 Å². The summed E-state index contributed by atoms with van der Waals surface area (Å²) in [4.78, 5) is 69.5. The van der Waals surface area contributed by atoms with Crippen LogP contribution in [0.15, 0.2) is 35.4 Å². The Kier molecular flexibility index (Phi) is 12.9. The van der Waals surface area contributed by atoms with Crippen molar-refractivity contribution in [3.63, 3.8) is 0 Å². The van der Waals surface area contributed by atoms with E-state index in [0.29, 0.717) is 12.1 Å². The van der Waals surface area contributed by atoms with Crippen molar-refractivity contribution in [2.75, 3.05) is 39.2 Å². The van der Waals surface area contributed by atoms with E-state index in [1.165, 1.54) is 47.2 Å². The standard InChI is InChI=1S/C36H51N7O10S/c1-35(2,49)29-21-38-41-43(29)25-20-28(33(47)40-36(30(44)31(37)45)13-15-53-16-14-36)42(22-25)34(48)27(19-23-7-5-4-6-8-23)39-32(46)24-9-11-26(12-10-24)54(50,51)18-17-52-3/h9-12,21,23,25,27-28,49H,4-8,13-20,22H2,1-3H3,(H2,37,45)(H,39,46)(H,40,47)/t25-,27?,28-/m0/s1. The lowest BCUT2D eigenvalue weighted by Gasteiger charge is -2.37. The van der Waals surface area contributed by atoms with Crippen LogP contribution in [0.5, 0.6) is 0 Å². The Morgan fingerprint density at radius 1 is 1.09 bits per heavy atom. The van der Waals surface area contributed by atoms with Crippen LogP contribution in [0, 0.1) is 5.92 Å². The summed E-state index contributed by atoms with van der Waals surface area (Å²) in [6, 6.07) is 2.54. The average Bonchev–Trinajstić information content (AvgIpc) is 3.83. The minimum Gasteiger partial charge on any atom is -0.384 e. The highest BCUT2D eigenvalue weighted by molar-refractivity contribution is 7.91. The van der Waals surface area contributed by atoms with Gasteiger partial charge < -0.3 is 35.8 Å². The molecule has 3 fully saturated rings. The second-order valence-corrected chi connectivity index (χ2v) is 17.1. The van der Waals surface area contributed by atoms with Crippen molar-refractivity contribution in [3.05, 3.63) is 41.7 Å². The first-order valence-corrected chi connectivity index (χ1v) is 20.0. The van der Waals surface area contributed by atoms with Crippen LogP contribution in [0.2, 0.25) is 0 Å². The molecule has 0 bridgehead atoms. The van der Waals surface area contributed by atoms with Crippen LogP contribution in [0.25, 0.3) is 0 Å². The fourth-order valence-electron chi connectivity index (χ4n) is 7.66. The van der Waals surface area contributed by atoms with Gasteiger partial charge in [0, 0.05) is 51.7 Å². The molecule has 3 atom stereocenters. The number of rotatable bonds is 15. The number of methoxy groups -OCH3 is 1. The third-order valence-electron chi connectivity index (χ3n) is 10.7. The Balaban J connectivity index is 1.47. The predicted molar refractivity (Wildman–Crippen MR) is 192 cm³/mol. The fraction of sp³-hybridized carbons (Fsp3) is 0.639. The number of nitrogens with two attached hydrogens (primary N) is 1. The van der Waals surface area contributed by atoms with Crippen molar-refractivity contribution in [1.82, 2.24) is 30.5 Å². The second kappa shape index (κ2) is 17.0. The van der Waals surface area contributed by atoms with Gasteiger partial charge in [-0.05, 0) is 50.5 Å². The Morgan fingerprint density at radius 3 is 2.37 bits per heavy atom. The maximum absolute atomic E-state index is 14.8. The van der Waals surface area contributed by atoms with Gasteiger partial charge >= 0.3 is 0 Å². The van der Waals surface area contributed by atoms with Crippen LogP contribution in [-0.2, 0) is 44.1 Å². The third kappa shape index (κ3) is 9.33. The van der Waals surface area contributed by atoms with E-state index in [0.717, 1.165) is 32.1 Å². The third-order valence-corrected chi connectivity index (χ3v) is 12.4. The SMILES string of the molecule is COCCS(=O)(=O)c1ccc(C(=O)NC(CC2CCCCC2)C(=O)N2C[C@@H](n3nncc3C(C)(C)O)C[C@H]2C(=O)NC2(C(=O)C(N)=O)CCOCC2)cc1. The number of carbonyl (C=O) groups excluding carboxylic acids is 5. The fourth-order valence-corrected chi connectivity index (χ4v) is 8.83. The highest BCUT2D eigenvalue weighted by atomic mass is 32.2. The second-order valence-electron chi connectivity index (χ2n) is 15.0. The first kappa shape index (κ1) is 40.9. The minimum atomic E-state index is -3.64. The van der Waals surface area contributed by atoms with Gasteiger partial charge in [0.1, 0.15) is 23.2 Å². The van der Waals surface area contributed by atoms with Crippen LogP contribution in [-0.4, -0.2) is 120 Å². The average molecular weight is 774 g/mol. The lowest BCUT2D eigenvalue weighted by atomic mass is 9.84. The van der Waals surface area contributed by atoms with E-state index >= 15 is 0 Å². The molecule has 5 N–H and O–H groups in total. The van der Waals surface area contributed by atoms with Gasteiger partial charge in [0.05, 0.1) is 35.2 Å². The van der Waals surface area contributed by atoms with Gasteiger partial charge in [-0.25, -0.2) is 13.1 Å². The highest BCUT2D eigenvalue weighted by Crippen LogP contribution is 2.34. The first-order chi connectivity index (χ1) is 25.6. The van der Waals surface area contributed by atoms with Crippen molar-refractivity contribution < 1.29 is 47.0 Å². The summed E-state index contributed by atoms with van der Waals surface area (Å²) in [5.41, 5.74) is 2.91. The molecule has 5 rings (SSSR count). The van der Waals surface area contributed by atoms with E-state index < -0.39 is 68.5 Å². The smallest absolute Gasteiger partial charge is 0.287 e. The number of primary amides is 1. The first-order valence-electron chi connectivity index (χ1n) is 18.4. The van der Waals surface area contributed by atoms with E-state index in [1.807, 2.05) is 0 Å². The Hall–Kier alpha value is -4.26. The van der Waals surface area contributed by atoms with E-state index in [-0.39, 0.29) is 67.8 Å².